The number of hydrogen-bond donors (Lipinski definition) is 0. The van der Waals surface area contributed by atoms with Crippen LogP contribution in [0, 0.1) is 5.82 Å². The topological polar surface area (TPSA) is 47.4 Å². The predicted octanol–water partition coefficient (Wildman–Crippen LogP) is 2.05. The molecule has 0 radical (unpaired) electrons. The molecule has 112 valence electrons. The molecule has 0 aliphatic heterocycles. The molecular weight excluding hydrogens is 273 g/mol. The average molecular weight is 291 g/mol. The zero-order valence-electron chi connectivity index (χ0n) is 12.3. The van der Waals surface area contributed by atoms with E-state index >= 15 is 0 Å². The van der Waals surface area contributed by atoms with Crippen LogP contribution in [0.2, 0.25) is 0 Å². The van der Waals surface area contributed by atoms with Crippen molar-refractivity contribution in [2.75, 3.05) is 19.1 Å². The smallest absolute Gasteiger partial charge is 0.293 e. The molecule has 2 aromatic rings. The van der Waals surface area contributed by atoms with Crippen LogP contribution < -0.4 is 15.2 Å². The van der Waals surface area contributed by atoms with E-state index < -0.39 is 5.82 Å². The summed E-state index contributed by atoms with van der Waals surface area (Å²) >= 11 is 0. The third-order valence-corrected chi connectivity index (χ3v) is 3.23. The minimum absolute atomic E-state index is 0.156. The first kappa shape index (κ1) is 15.0. The maximum absolute atomic E-state index is 13.7. The molecule has 5 nitrogen and oxygen atoms in total. The Kier molecular flexibility index (Phi) is 4.57. The summed E-state index contributed by atoms with van der Waals surface area (Å²) in [5.74, 6) is 0.124. The SMILES string of the molecule is CCn1ccnc(N(C)Cc2ccc(OC)c(F)c2)c1=O. The van der Waals surface area contributed by atoms with Gasteiger partial charge >= 0.3 is 0 Å². The molecule has 0 saturated heterocycles. The first-order valence-electron chi connectivity index (χ1n) is 6.65. The van der Waals surface area contributed by atoms with Crippen LogP contribution in [0.1, 0.15) is 12.5 Å². The summed E-state index contributed by atoms with van der Waals surface area (Å²) in [5.41, 5.74) is 0.584. The van der Waals surface area contributed by atoms with Crippen LogP contribution >= 0.6 is 0 Å². The van der Waals surface area contributed by atoms with Crippen LogP contribution in [-0.2, 0) is 13.1 Å². The fraction of sp³-hybridized carbons (Fsp3) is 0.333. The van der Waals surface area contributed by atoms with Crippen LogP contribution in [-0.4, -0.2) is 23.7 Å². The van der Waals surface area contributed by atoms with Crippen LogP contribution in [0.5, 0.6) is 5.75 Å². The fourth-order valence-corrected chi connectivity index (χ4v) is 2.10. The Balaban J connectivity index is 2.24. The van der Waals surface area contributed by atoms with Gasteiger partial charge in [-0.1, -0.05) is 6.07 Å². The molecule has 1 aromatic carbocycles. The minimum Gasteiger partial charge on any atom is -0.494 e. The van der Waals surface area contributed by atoms with Crippen molar-refractivity contribution in [1.29, 1.82) is 0 Å². The second-order valence-corrected chi connectivity index (χ2v) is 4.67. The summed E-state index contributed by atoms with van der Waals surface area (Å²) in [7, 11) is 3.18. The summed E-state index contributed by atoms with van der Waals surface area (Å²) in [4.78, 5) is 18.0. The number of benzene rings is 1. The number of nitrogens with zero attached hydrogens (tertiary/aromatic N) is 3. The molecule has 0 amide bonds. The number of anilines is 1. The zero-order chi connectivity index (χ0) is 15.4. The molecule has 0 N–H and O–H groups in total. The minimum atomic E-state index is -0.421. The normalized spacial score (nSPS) is 10.5. The third-order valence-electron chi connectivity index (χ3n) is 3.23. The van der Waals surface area contributed by atoms with Crippen molar-refractivity contribution >= 4 is 5.82 Å². The summed E-state index contributed by atoms with van der Waals surface area (Å²) in [5, 5.41) is 0. The van der Waals surface area contributed by atoms with Gasteiger partial charge in [0.1, 0.15) is 0 Å². The maximum atomic E-state index is 13.7. The van der Waals surface area contributed by atoms with Crippen molar-refractivity contribution in [2.24, 2.45) is 0 Å². The highest BCUT2D eigenvalue weighted by atomic mass is 19.1. The lowest BCUT2D eigenvalue weighted by Gasteiger charge is -2.18. The molecule has 0 atom stereocenters. The van der Waals surface area contributed by atoms with E-state index in [4.69, 9.17) is 4.74 Å². The molecule has 0 aliphatic carbocycles. The quantitative estimate of drug-likeness (QED) is 0.846. The largest absolute Gasteiger partial charge is 0.494 e. The summed E-state index contributed by atoms with van der Waals surface area (Å²) in [6.45, 7) is 2.86. The molecular formula is C15H18FN3O2. The highest BCUT2D eigenvalue weighted by Gasteiger charge is 2.11. The molecule has 0 bridgehead atoms. The van der Waals surface area contributed by atoms with E-state index in [1.165, 1.54) is 13.2 Å². The van der Waals surface area contributed by atoms with Crippen molar-refractivity contribution < 1.29 is 9.13 Å². The Morgan fingerprint density at radius 3 is 2.81 bits per heavy atom. The van der Waals surface area contributed by atoms with Gasteiger partial charge in [0.25, 0.3) is 5.56 Å². The zero-order valence-corrected chi connectivity index (χ0v) is 12.3. The van der Waals surface area contributed by atoms with Crippen molar-refractivity contribution in [2.45, 2.75) is 20.0 Å². The summed E-state index contributed by atoms with van der Waals surface area (Å²) in [6, 6.07) is 4.73. The monoisotopic (exact) mass is 291 g/mol. The molecule has 2 rings (SSSR count). The van der Waals surface area contributed by atoms with Crippen LogP contribution in [0.3, 0.4) is 0 Å². The van der Waals surface area contributed by atoms with E-state index in [9.17, 15) is 9.18 Å². The Morgan fingerprint density at radius 1 is 1.43 bits per heavy atom. The number of rotatable bonds is 5. The Morgan fingerprint density at radius 2 is 2.19 bits per heavy atom. The highest BCUT2D eigenvalue weighted by molar-refractivity contribution is 5.37. The number of methoxy groups -OCH3 is 1. The van der Waals surface area contributed by atoms with Crippen LogP contribution in [0.15, 0.2) is 35.4 Å². The first-order valence-corrected chi connectivity index (χ1v) is 6.65. The van der Waals surface area contributed by atoms with E-state index in [-0.39, 0.29) is 11.3 Å². The van der Waals surface area contributed by atoms with Crippen LogP contribution in [0.4, 0.5) is 10.2 Å². The summed E-state index contributed by atoms with van der Waals surface area (Å²) < 4.78 is 20.1. The second-order valence-electron chi connectivity index (χ2n) is 4.67. The van der Waals surface area contributed by atoms with Gasteiger partial charge in [0.05, 0.1) is 7.11 Å². The van der Waals surface area contributed by atoms with E-state index in [1.807, 2.05) is 6.92 Å². The van der Waals surface area contributed by atoms with Gasteiger partial charge in [-0.3, -0.25) is 4.79 Å². The standard InChI is InChI=1S/C15H18FN3O2/c1-4-19-8-7-17-14(15(19)20)18(2)10-11-5-6-13(21-3)12(16)9-11/h5-9H,4,10H2,1-3H3. The first-order chi connectivity index (χ1) is 10.1. The van der Waals surface area contributed by atoms with Gasteiger partial charge in [0, 0.05) is 32.5 Å². The van der Waals surface area contributed by atoms with Crippen molar-refractivity contribution in [3.63, 3.8) is 0 Å². The Bertz CT molecular complexity index is 685. The van der Waals surface area contributed by atoms with Crippen LogP contribution in [0.25, 0.3) is 0 Å². The number of aryl methyl sites for hydroxylation is 1. The fourth-order valence-electron chi connectivity index (χ4n) is 2.10. The van der Waals surface area contributed by atoms with Crippen molar-refractivity contribution in [3.05, 3.63) is 52.3 Å². The van der Waals surface area contributed by atoms with Gasteiger partial charge in [-0.15, -0.1) is 0 Å². The van der Waals surface area contributed by atoms with Gasteiger partial charge in [0.2, 0.25) is 0 Å². The molecule has 0 fully saturated rings. The van der Waals surface area contributed by atoms with E-state index in [0.29, 0.717) is 18.9 Å². The second kappa shape index (κ2) is 6.39. The molecule has 1 heterocycles. The number of hydrogen-bond acceptors (Lipinski definition) is 4. The third kappa shape index (κ3) is 3.21. The molecule has 0 unspecified atom stereocenters. The molecule has 0 saturated carbocycles. The Hall–Kier alpha value is -2.37. The van der Waals surface area contributed by atoms with E-state index in [2.05, 4.69) is 4.98 Å². The van der Waals surface area contributed by atoms with Crippen molar-refractivity contribution in [1.82, 2.24) is 9.55 Å². The lowest BCUT2D eigenvalue weighted by molar-refractivity contribution is 0.386. The molecule has 0 aliphatic rings. The van der Waals surface area contributed by atoms with Gasteiger partial charge in [-0.25, -0.2) is 9.37 Å². The molecule has 0 spiro atoms. The number of halogens is 1. The van der Waals surface area contributed by atoms with E-state index in [0.717, 1.165) is 5.56 Å². The van der Waals surface area contributed by atoms with E-state index in [1.54, 1.807) is 41.0 Å². The lowest BCUT2D eigenvalue weighted by atomic mass is 10.2. The predicted molar refractivity (Wildman–Crippen MR) is 79.2 cm³/mol. The average Bonchev–Trinajstić information content (AvgIpc) is 2.47. The molecule has 1 aromatic heterocycles. The van der Waals surface area contributed by atoms with Crippen molar-refractivity contribution in [3.8, 4) is 5.75 Å². The number of ether oxygens (including phenoxy) is 1. The highest BCUT2D eigenvalue weighted by Crippen LogP contribution is 2.19. The van der Waals surface area contributed by atoms with Gasteiger partial charge in [-0.05, 0) is 24.6 Å². The van der Waals surface area contributed by atoms with Gasteiger partial charge in [0.15, 0.2) is 17.4 Å². The van der Waals surface area contributed by atoms with Gasteiger partial charge in [-0.2, -0.15) is 0 Å². The van der Waals surface area contributed by atoms with Gasteiger partial charge < -0.3 is 14.2 Å². The molecule has 6 heteroatoms. The lowest BCUT2D eigenvalue weighted by Crippen LogP contribution is -2.30. The number of aromatic nitrogens is 2. The molecule has 21 heavy (non-hydrogen) atoms. The maximum Gasteiger partial charge on any atom is 0.293 e. The summed E-state index contributed by atoms with van der Waals surface area (Å²) in [6.07, 6.45) is 3.23. The Labute approximate surface area is 122 Å².